The largest absolute Gasteiger partial charge is 0.504 e. The Morgan fingerprint density at radius 3 is 2.54 bits per heavy atom. The zero-order chi connectivity index (χ0) is 26.2. The molecule has 0 unspecified atom stereocenters. The van der Waals surface area contributed by atoms with Crippen LogP contribution in [0.2, 0.25) is 0 Å². The van der Waals surface area contributed by atoms with E-state index in [-0.39, 0.29) is 35.5 Å². The Kier molecular flexibility index (Phi) is 6.78. The van der Waals surface area contributed by atoms with E-state index in [4.69, 9.17) is 4.74 Å². The van der Waals surface area contributed by atoms with Gasteiger partial charge in [-0.3, -0.25) is 9.78 Å². The highest BCUT2D eigenvalue weighted by Crippen LogP contribution is 2.51. The number of carbonyl (C=O) groups is 1. The summed E-state index contributed by atoms with van der Waals surface area (Å²) < 4.78 is 32.6. The molecule has 9 heteroatoms. The van der Waals surface area contributed by atoms with Gasteiger partial charge in [0.05, 0.1) is 29.7 Å². The second-order valence-corrected chi connectivity index (χ2v) is 11.6. The minimum Gasteiger partial charge on any atom is -0.504 e. The molecule has 2 heterocycles. The van der Waals surface area contributed by atoms with Gasteiger partial charge in [-0.25, -0.2) is 8.42 Å². The molecule has 2 aromatic carbocycles. The molecule has 0 amide bonds. The molecule has 1 saturated heterocycles. The zero-order valence-corrected chi connectivity index (χ0v) is 21.4. The predicted molar refractivity (Wildman–Crippen MR) is 138 cm³/mol. The molecule has 3 aromatic rings. The lowest BCUT2D eigenvalue weighted by Gasteiger charge is -2.22. The third-order valence-corrected chi connectivity index (χ3v) is 9.42. The fraction of sp³-hybridized carbons (Fsp3) is 0.357. The Labute approximate surface area is 216 Å². The van der Waals surface area contributed by atoms with Crippen molar-refractivity contribution in [1.29, 1.82) is 0 Å². The van der Waals surface area contributed by atoms with E-state index >= 15 is 0 Å². The van der Waals surface area contributed by atoms with Crippen molar-refractivity contribution in [3.05, 3.63) is 71.9 Å². The molecule has 2 N–H and O–H groups in total. The highest BCUT2D eigenvalue weighted by atomic mass is 32.2. The van der Waals surface area contributed by atoms with Gasteiger partial charge in [0.1, 0.15) is 5.78 Å². The molecule has 0 bridgehead atoms. The van der Waals surface area contributed by atoms with E-state index in [1.165, 1.54) is 11.4 Å². The number of phenols is 1. The molecule has 1 aliphatic carbocycles. The average molecular weight is 523 g/mol. The third-order valence-electron chi connectivity index (χ3n) is 7.45. The molecule has 2 aliphatic rings. The Morgan fingerprint density at radius 1 is 1.14 bits per heavy atom. The molecular weight excluding hydrogens is 492 g/mol. The molecule has 194 valence electrons. The summed E-state index contributed by atoms with van der Waals surface area (Å²) in [4.78, 5) is 18.2. The summed E-state index contributed by atoms with van der Waals surface area (Å²) in [5.41, 5.74) is 2.20. The van der Waals surface area contributed by atoms with Gasteiger partial charge in [0.15, 0.2) is 11.5 Å². The van der Waals surface area contributed by atoms with Gasteiger partial charge in [-0.15, -0.1) is 0 Å². The van der Waals surface area contributed by atoms with Gasteiger partial charge in [-0.2, -0.15) is 4.31 Å². The number of aliphatic hydroxyl groups excluding tert-OH is 1. The number of benzene rings is 2. The number of hydrogen-bond donors (Lipinski definition) is 2. The summed E-state index contributed by atoms with van der Waals surface area (Å²) in [6.45, 7) is 0.220. The molecule has 1 atom stereocenters. The van der Waals surface area contributed by atoms with Crippen LogP contribution in [0.15, 0.2) is 65.6 Å². The van der Waals surface area contributed by atoms with Crippen LogP contribution in [0.1, 0.15) is 36.9 Å². The molecule has 37 heavy (non-hydrogen) atoms. The van der Waals surface area contributed by atoms with Gasteiger partial charge in [0.2, 0.25) is 10.0 Å². The summed E-state index contributed by atoms with van der Waals surface area (Å²) in [6.07, 6.45) is 3.00. The number of sulfonamides is 1. The van der Waals surface area contributed by atoms with E-state index < -0.39 is 15.4 Å². The fourth-order valence-corrected chi connectivity index (χ4v) is 6.84. The van der Waals surface area contributed by atoms with Crippen LogP contribution in [-0.4, -0.2) is 60.0 Å². The number of methoxy groups -OCH3 is 1. The van der Waals surface area contributed by atoms with Crippen molar-refractivity contribution in [3.8, 4) is 22.8 Å². The van der Waals surface area contributed by atoms with Crippen LogP contribution in [-0.2, 0) is 26.7 Å². The molecule has 1 aliphatic heterocycles. The third kappa shape index (κ3) is 4.74. The van der Waals surface area contributed by atoms with Crippen LogP contribution in [0.3, 0.4) is 0 Å². The van der Waals surface area contributed by atoms with E-state index in [0.717, 1.165) is 30.4 Å². The topological polar surface area (TPSA) is 117 Å². The maximum absolute atomic E-state index is 13.3. The number of aliphatic hydroxyl groups is 1. The van der Waals surface area contributed by atoms with E-state index in [1.807, 2.05) is 24.3 Å². The number of carbonyl (C=O) groups excluding carboxylic acids is 1. The zero-order valence-electron chi connectivity index (χ0n) is 20.6. The Morgan fingerprint density at radius 2 is 1.89 bits per heavy atom. The number of aromatic nitrogens is 1. The molecule has 1 aromatic heterocycles. The molecule has 5 rings (SSSR count). The summed E-state index contributed by atoms with van der Waals surface area (Å²) in [5.74, 6) is 0.433. The number of ketones is 1. The van der Waals surface area contributed by atoms with Crippen LogP contribution in [0.25, 0.3) is 11.3 Å². The smallest absolute Gasteiger partial charge is 0.243 e. The number of hydrogen-bond acceptors (Lipinski definition) is 7. The molecular formula is C28H30N2O6S. The summed E-state index contributed by atoms with van der Waals surface area (Å²) in [6, 6.07) is 16.8. The molecule has 2 fully saturated rings. The van der Waals surface area contributed by atoms with Crippen LogP contribution in [0.5, 0.6) is 11.5 Å². The minimum absolute atomic E-state index is 0.0151. The first-order valence-electron chi connectivity index (χ1n) is 12.4. The quantitative estimate of drug-likeness (QED) is 0.442. The highest BCUT2D eigenvalue weighted by molar-refractivity contribution is 7.89. The van der Waals surface area contributed by atoms with Crippen molar-refractivity contribution in [2.45, 2.75) is 48.5 Å². The predicted octanol–water partition coefficient (Wildman–Crippen LogP) is 3.45. The lowest BCUT2D eigenvalue weighted by Crippen LogP contribution is -2.37. The minimum atomic E-state index is -3.68. The summed E-state index contributed by atoms with van der Waals surface area (Å²) in [7, 11) is -2.20. The maximum Gasteiger partial charge on any atom is 0.243 e. The van der Waals surface area contributed by atoms with Crippen molar-refractivity contribution in [2.24, 2.45) is 0 Å². The lowest BCUT2D eigenvalue weighted by atomic mass is 9.88. The second-order valence-electron chi connectivity index (χ2n) is 9.70. The normalized spacial score (nSPS) is 19.0. The van der Waals surface area contributed by atoms with Gasteiger partial charge in [0.25, 0.3) is 0 Å². The first kappa shape index (κ1) is 25.4. The summed E-state index contributed by atoms with van der Waals surface area (Å²) >= 11 is 0. The van der Waals surface area contributed by atoms with Crippen LogP contribution >= 0.6 is 0 Å². The van der Waals surface area contributed by atoms with Crippen LogP contribution < -0.4 is 4.74 Å². The van der Waals surface area contributed by atoms with E-state index in [2.05, 4.69) is 4.98 Å². The molecule has 1 saturated carbocycles. The Hall–Kier alpha value is -3.27. The monoisotopic (exact) mass is 522 g/mol. The van der Waals surface area contributed by atoms with Gasteiger partial charge in [0, 0.05) is 30.3 Å². The SMILES string of the molecule is COc1ccc(C2(C(=O)Cc3cccc(-c4ccc(S(=O)(=O)N5CCC[C@@H]5CO)cc4)n3)CC2)cc1O. The Bertz CT molecular complexity index is 1420. The van der Waals surface area contributed by atoms with Gasteiger partial charge in [-0.05, 0) is 67.6 Å². The number of ether oxygens (including phenoxy) is 1. The van der Waals surface area contributed by atoms with Gasteiger partial charge < -0.3 is 14.9 Å². The standard InChI is InChI=1S/C28H30N2O6S/c1-36-26-12-9-20(16-25(26)32)28(13-14-28)27(33)17-21-4-2-6-24(29-21)19-7-10-23(11-8-19)37(34,35)30-15-3-5-22(30)18-31/h2,4,6-12,16,22,31-32H,3,5,13-15,17-18H2,1H3/t22-/m1/s1. The van der Waals surface area contributed by atoms with Gasteiger partial charge >= 0.3 is 0 Å². The van der Waals surface area contributed by atoms with Crippen molar-refractivity contribution in [2.75, 3.05) is 20.3 Å². The number of nitrogens with zero attached hydrogens (tertiary/aromatic N) is 2. The number of aromatic hydroxyl groups is 1. The van der Waals surface area contributed by atoms with Crippen molar-refractivity contribution in [1.82, 2.24) is 9.29 Å². The van der Waals surface area contributed by atoms with Gasteiger partial charge in [-0.1, -0.05) is 24.3 Å². The molecule has 0 radical (unpaired) electrons. The van der Waals surface area contributed by atoms with Crippen molar-refractivity contribution < 1.29 is 28.2 Å². The van der Waals surface area contributed by atoms with E-state index in [1.54, 1.807) is 36.4 Å². The number of pyridine rings is 1. The molecule has 8 nitrogen and oxygen atoms in total. The van der Waals surface area contributed by atoms with E-state index in [0.29, 0.717) is 30.1 Å². The maximum atomic E-state index is 13.3. The Balaban J connectivity index is 1.33. The average Bonchev–Trinajstić information content (AvgIpc) is 3.58. The molecule has 0 spiro atoms. The first-order chi connectivity index (χ1) is 17.8. The lowest BCUT2D eigenvalue weighted by molar-refractivity contribution is -0.120. The number of rotatable bonds is 9. The first-order valence-corrected chi connectivity index (χ1v) is 13.8. The van der Waals surface area contributed by atoms with Crippen LogP contribution in [0.4, 0.5) is 0 Å². The fourth-order valence-electron chi connectivity index (χ4n) is 5.15. The summed E-state index contributed by atoms with van der Waals surface area (Å²) in [5, 5.41) is 19.7. The highest BCUT2D eigenvalue weighted by Gasteiger charge is 2.50. The number of Topliss-reactive ketones (excluding diaryl/α,β-unsaturated/α-hetero) is 1. The van der Waals surface area contributed by atoms with Crippen LogP contribution in [0, 0.1) is 0 Å². The number of phenolic OH excluding ortho intramolecular Hbond substituents is 1. The van der Waals surface area contributed by atoms with E-state index in [9.17, 15) is 23.4 Å². The van der Waals surface area contributed by atoms with Crippen molar-refractivity contribution in [3.63, 3.8) is 0 Å². The van der Waals surface area contributed by atoms with Crippen molar-refractivity contribution >= 4 is 15.8 Å². The second kappa shape index (κ2) is 9.89.